The topological polar surface area (TPSA) is 65.0 Å². The second-order valence-corrected chi connectivity index (χ2v) is 6.55. The number of rotatable bonds is 8. The highest BCUT2D eigenvalue weighted by atomic mass is 16.1. The molecule has 6 nitrogen and oxygen atoms in total. The normalized spacial score (nSPS) is 15.5. The lowest BCUT2D eigenvalue weighted by molar-refractivity contribution is -0.123. The number of hydrazine groups is 1. The number of piperidine rings is 1. The number of hydrogen-bond acceptors (Lipinski definition) is 4. The number of nitrogens with one attached hydrogen (secondary N) is 1. The molecule has 0 bridgehead atoms. The lowest BCUT2D eigenvalue weighted by Gasteiger charge is -2.38. The summed E-state index contributed by atoms with van der Waals surface area (Å²) in [5, 5.41) is 1.62. The Labute approximate surface area is 155 Å². The van der Waals surface area contributed by atoms with Crippen molar-refractivity contribution in [3.8, 4) is 0 Å². The van der Waals surface area contributed by atoms with E-state index >= 15 is 0 Å². The summed E-state index contributed by atoms with van der Waals surface area (Å²) in [5.74, 6) is 0.857. The number of Topliss-reactive ketones (excluding diaryl/α,β-unsaturated/α-hetero) is 1. The van der Waals surface area contributed by atoms with Crippen molar-refractivity contribution in [1.29, 1.82) is 0 Å². The molecule has 0 spiro atoms. The summed E-state index contributed by atoms with van der Waals surface area (Å²) in [5.41, 5.74) is 5.10. The molecule has 1 aromatic rings. The Hall–Kier alpha value is -2.63. The molecule has 1 amide bonds. The highest BCUT2D eigenvalue weighted by molar-refractivity contribution is 5.98. The van der Waals surface area contributed by atoms with Gasteiger partial charge in [-0.1, -0.05) is 36.9 Å². The molecule has 0 aromatic heterocycles. The van der Waals surface area contributed by atoms with Gasteiger partial charge in [-0.15, -0.1) is 0 Å². The Kier molecular flexibility index (Phi) is 7.38. The van der Waals surface area contributed by atoms with Gasteiger partial charge >= 0.3 is 0 Å². The molecular weight excluding hydrogens is 328 g/mol. The van der Waals surface area contributed by atoms with Crippen LogP contribution in [-0.4, -0.2) is 54.1 Å². The average Bonchev–Trinajstić information content (AvgIpc) is 2.68. The number of aliphatic imine (C=N–C) groups is 1. The second-order valence-electron chi connectivity index (χ2n) is 6.55. The lowest BCUT2D eigenvalue weighted by atomic mass is 10.0. The second kappa shape index (κ2) is 9.75. The van der Waals surface area contributed by atoms with E-state index in [0.29, 0.717) is 18.7 Å². The van der Waals surface area contributed by atoms with Crippen LogP contribution < -0.4 is 5.43 Å². The van der Waals surface area contributed by atoms with Gasteiger partial charge in [0.25, 0.3) is 0 Å². The van der Waals surface area contributed by atoms with Crippen molar-refractivity contribution in [3.63, 3.8) is 0 Å². The molecule has 1 aliphatic heterocycles. The maximum Gasteiger partial charge on any atom is 0.228 e. The number of allylic oxidation sites excluding steroid dienone is 1. The average molecular weight is 356 g/mol. The van der Waals surface area contributed by atoms with Gasteiger partial charge in [0, 0.05) is 37.8 Å². The molecule has 1 aliphatic rings. The van der Waals surface area contributed by atoms with Gasteiger partial charge in [0.15, 0.2) is 0 Å². The zero-order valence-corrected chi connectivity index (χ0v) is 15.6. The van der Waals surface area contributed by atoms with Gasteiger partial charge in [-0.25, -0.2) is 0 Å². The molecule has 1 fully saturated rings. The van der Waals surface area contributed by atoms with Crippen LogP contribution in [0.25, 0.3) is 0 Å². The molecule has 26 heavy (non-hydrogen) atoms. The van der Waals surface area contributed by atoms with E-state index in [0.717, 1.165) is 43.6 Å². The van der Waals surface area contributed by atoms with Crippen LogP contribution in [0.3, 0.4) is 0 Å². The minimum absolute atomic E-state index is 0.102. The number of amides is 1. The fraction of sp³-hybridized carbons (Fsp3) is 0.450. The van der Waals surface area contributed by atoms with Gasteiger partial charge in [-0.3, -0.25) is 20.2 Å². The molecule has 0 saturated carbocycles. The monoisotopic (exact) mass is 356 g/mol. The summed E-state index contributed by atoms with van der Waals surface area (Å²) in [7, 11) is 1.71. The van der Waals surface area contributed by atoms with Crippen LogP contribution in [0.5, 0.6) is 0 Å². The summed E-state index contributed by atoms with van der Waals surface area (Å²) in [6.07, 6.45) is 3.76. The summed E-state index contributed by atoms with van der Waals surface area (Å²) >= 11 is 0. The molecule has 0 unspecified atom stereocenters. The van der Waals surface area contributed by atoms with Crippen molar-refractivity contribution in [1.82, 2.24) is 15.3 Å². The third kappa shape index (κ3) is 5.44. The minimum atomic E-state index is 0.102. The molecule has 1 N–H and O–H groups in total. The number of likely N-dealkylation sites (tertiary alicyclic amines) is 1. The van der Waals surface area contributed by atoms with Gasteiger partial charge < -0.3 is 9.69 Å². The van der Waals surface area contributed by atoms with Crippen LogP contribution in [0.2, 0.25) is 0 Å². The molecule has 6 heteroatoms. The first-order valence-corrected chi connectivity index (χ1v) is 8.99. The molecule has 140 valence electrons. The van der Waals surface area contributed by atoms with Gasteiger partial charge in [0.05, 0.1) is 6.04 Å². The molecule has 0 aliphatic carbocycles. The smallest absolute Gasteiger partial charge is 0.228 e. The standard InChI is InChI=1S/C20H28N4O2/c1-16(9-10-17(2)26)23-13-11-19(12-14-23)24(15-25)22-20(21-3)18-7-5-4-6-8-18/h4-8,15,19H,1,9-14H2,2-3H3,(H,21,22). The van der Waals surface area contributed by atoms with Crippen molar-refractivity contribution in [2.24, 2.45) is 4.99 Å². The first-order valence-electron chi connectivity index (χ1n) is 8.99. The fourth-order valence-electron chi connectivity index (χ4n) is 3.10. The number of hydrogen-bond donors (Lipinski definition) is 1. The molecular formula is C20H28N4O2. The number of carbonyl (C=O) groups is 2. The number of amidine groups is 1. The zero-order valence-electron chi connectivity index (χ0n) is 15.6. The first kappa shape index (κ1) is 19.7. The van der Waals surface area contributed by atoms with Crippen molar-refractivity contribution in [2.75, 3.05) is 20.1 Å². The van der Waals surface area contributed by atoms with E-state index in [-0.39, 0.29) is 11.8 Å². The largest absolute Gasteiger partial charge is 0.375 e. The minimum Gasteiger partial charge on any atom is -0.375 e. The van der Waals surface area contributed by atoms with Crippen LogP contribution in [0.1, 0.15) is 38.2 Å². The highest BCUT2D eigenvalue weighted by Gasteiger charge is 2.25. The molecule has 1 heterocycles. The van der Waals surface area contributed by atoms with Gasteiger partial charge in [-0.2, -0.15) is 0 Å². The number of ketones is 1. The van der Waals surface area contributed by atoms with Crippen molar-refractivity contribution >= 4 is 18.0 Å². The van der Waals surface area contributed by atoms with Gasteiger partial charge in [0.1, 0.15) is 11.6 Å². The van der Waals surface area contributed by atoms with E-state index in [2.05, 4.69) is 21.9 Å². The summed E-state index contributed by atoms with van der Waals surface area (Å²) < 4.78 is 0. The third-order valence-electron chi connectivity index (χ3n) is 4.69. The first-order chi connectivity index (χ1) is 12.5. The van der Waals surface area contributed by atoms with E-state index in [9.17, 15) is 9.59 Å². The Morgan fingerprint density at radius 1 is 1.31 bits per heavy atom. The van der Waals surface area contributed by atoms with E-state index in [4.69, 9.17) is 0 Å². The van der Waals surface area contributed by atoms with Crippen LogP contribution in [0.4, 0.5) is 0 Å². The summed E-state index contributed by atoms with van der Waals surface area (Å²) in [6.45, 7) is 7.36. The fourth-order valence-corrected chi connectivity index (χ4v) is 3.10. The zero-order chi connectivity index (χ0) is 18.9. The Bertz CT molecular complexity index is 649. The highest BCUT2D eigenvalue weighted by Crippen LogP contribution is 2.20. The molecule has 0 atom stereocenters. The SMILES string of the molecule is C=C(CCC(C)=O)N1CCC(N(C=O)NC(=NC)c2ccccc2)CC1. The van der Waals surface area contributed by atoms with E-state index in [1.807, 2.05) is 30.3 Å². The van der Waals surface area contributed by atoms with Gasteiger partial charge in [-0.05, 0) is 26.2 Å². The molecule has 1 saturated heterocycles. The molecule has 0 radical (unpaired) electrons. The number of benzene rings is 1. The van der Waals surface area contributed by atoms with Gasteiger partial charge in [0.2, 0.25) is 6.41 Å². The van der Waals surface area contributed by atoms with Crippen LogP contribution in [0.15, 0.2) is 47.6 Å². The summed E-state index contributed by atoms with van der Waals surface area (Å²) in [4.78, 5) is 29.2. The van der Waals surface area contributed by atoms with E-state index in [1.165, 1.54) is 0 Å². The number of carbonyl (C=O) groups excluding carboxylic acids is 2. The molecule has 1 aromatic carbocycles. The Morgan fingerprint density at radius 2 is 1.96 bits per heavy atom. The van der Waals surface area contributed by atoms with Crippen molar-refractivity contribution in [3.05, 3.63) is 48.2 Å². The lowest BCUT2D eigenvalue weighted by Crippen LogP contribution is -2.52. The van der Waals surface area contributed by atoms with Crippen molar-refractivity contribution in [2.45, 2.75) is 38.6 Å². The van der Waals surface area contributed by atoms with Crippen molar-refractivity contribution < 1.29 is 9.59 Å². The van der Waals surface area contributed by atoms with Crippen LogP contribution in [-0.2, 0) is 9.59 Å². The van der Waals surface area contributed by atoms with E-state index in [1.54, 1.807) is 19.0 Å². The third-order valence-corrected chi connectivity index (χ3v) is 4.69. The molecule has 2 rings (SSSR count). The van der Waals surface area contributed by atoms with Crippen LogP contribution >= 0.6 is 0 Å². The van der Waals surface area contributed by atoms with Crippen LogP contribution in [0, 0.1) is 0 Å². The maximum atomic E-state index is 11.6. The summed E-state index contributed by atoms with van der Waals surface area (Å²) in [6, 6.07) is 9.85. The Morgan fingerprint density at radius 3 is 2.50 bits per heavy atom. The number of nitrogens with zero attached hydrogens (tertiary/aromatic N) is 3. The van der Waals surface area contributed by atoms with E-state index < -0.39 is 0 Å². The maximum absolute atomic E-state index is 11.6. The Balaban J connectivity index is 1.91. The quantitative estimate of drug-likeness (QED) is 0.336. The predicted molar refractivity (Wildman–Crippen MR) is 104 cm³/mol. The predicted octanol–water partition coefficient (Wildman–Crippen LogP) is 2.37.